The molecule has 0 saturated carbocycles. The lowest BCUT2D eigenvalue weighted by molar-refractivity contribution is -0.144. The molecule has 2 aromatic rings. The molecule has 3 rings (SSSR count). The number of carbonyl (C=O) groups excluding carboxylic acids is 1. The van der Waals surface area contributed by atoms with Gasteiger partial charge in [-0.3, -0.25) is 4.79 Å². The molecule has 0 unspecified atom stereocenters. The summed E-state index contributed by atoms with van der Waals surface area (Å²) < 4.78 is 5.61. The Morgan fingerprint density at radius 1 is 0.958 bits per heavy atom. The summed E-state index contributed by atoms with van der Waals surface area (Å²) in [5.74, 6) is -0.419. The first kappa shape index (κ1) is 16.7. The molecule has 3 heteroatoms. The summed E-state index contributed by atoms with van der Waals surface area (Å²) in [5, 5.41) is 0. The Bertz CT molecular complexity index is 661. The van der Waals surface area contributed by atoms with Crippen LogP contribution in [0.1, 0.15) is 37.3 Å². The summed E-state index contributed by atoms with van der Waals surface area (Å²) in [5.41, 5.74) is 4.43. The van der Waals surface area contributed by atoms with Crippen LogP contribution in [0.3, 0.4) is 0 Å². The molecule has 0 spiro atoms. The fourth-order valence-corrected chi connectivity index (χ4v) is 3.49. The van der Waals surface area contributed by atoms with Gasteiger partial charge in [0, 0.05) is 6.54 Å². The number of rotatable bonds is 7. The van der Waals surface area contributed by atoms with E-state index in [0.29, 0.717) is 6.61 Å². The number of benzene rings is 2. The molecule has 126 valence electrons. The minimum Gasteiger partial charge on any atom is -0.465 e. The Labute approximate surface area is 144 Å². The van der Waals surface area contributed by atoms with Gasteiger partial charge in [-0.2, -0.15) is 0 Å². The molecule has 2 aromatic carbocycles. The zero-order valence-corrected chi connectivity index (χ0v) is 14.5. The van der Waals surface area contributed by atoms with Crippen molar-refractivity contribution in [1.82, 2.24) is 4.90 Å². The van der Waals surface area contributed by atoms with Crippen molar-refractivity contribution in [1.29, 1.82) is 0 Å². The number of carbonyl (C=O) groups is 1. The van der Waals surface area contributed by atoms with Crippen LogP contribution in [-0.2, 0) is 9.53 Å². The van der Waals surface area contributed by atoms with Crippen LogP contribution in [0.2, 0.25) is 0 Å². The summed E-state index contributed by atoms with van der Waals surface area (Å²) in [6, 6.07) is 16.3. The van der Waals surface area contributed by atoms with Gasteiger partial charge in [0.2, 0.25) is 0 Å². The Morgan fingerprint density at radius 2 is 1.50 bits per heavy atom. The highest BCUT2D eigenvalue weighted by Gasteiger charge is 2.34. The predicted molar refractivity (Wildman–Crippen MR) is 97.1 cm³/mol. The fraction of sp³-hybridized carbons (Fsp3) is 0.381. The van der Waals surface area contributed by atoms with E-state index < -0.39 is 0 Å². The molecule has 0 saturated heterocycles. The lowest BCUT2D eigenvalue weighted by Crippen LogP contribution is -2.25. The van der Waals surface area contributed by atoms with E-state index in [1.54, 1.807) is 0 Å². The summed E-state index contributed by atoms with van der Waals surface area (Å²) in [6.07, 6.45) is 0.878. The molecule has 0 fully saturated rings. The van der Waals surface area contributed by atoms with Crippen LogP contribution in [0.15, 0.2) is 48.5 Å². The van der Waals surface area contributed by atoms with Crippen LogP contribution in [-0.4, -0.2) is 37.1 Å². The average molecular weight is 323 g/mol. The van der Waals surface area contributed by atoms with Gasteiger partial charge in [-0.05, 0) is 41.8 Å². The molecular weight excluding hydrogens is 298 g/mol. The number of esters is 1. The third-order valence-electron chi connectivity index (χ3n) is 4.83. The minimum absolute atomic E-state index is 0.132. The second-order valence-corrected chi connectivity index (χ2v) is 6.16. The normalized spacial score (nSPS) is 13.0. The smallest absolute Gasteiger partial charge is 0.317 e. The monoisotopic (exact) mass is 323 g/mol. The lowest BCUT2D eigenvalue weighted by Gasteiger charge is -2.18. The van der Waals surface area contributed by atoms with Gasteiger partial charge in [0.25, 0.3) is 0 Å². The van der Waals surface area contributed by atoms with Crippen molar-refractivity contribution in [2.45, 2.75) is 26.2 Å². The quantitative estimate of drug-likeness (QED) is 0.568. The molecule has 0 aromatic heterocycles. The Kier molecular flexibility index (Phi) is 5.31. The summed E-state index contributed by atoms with van der Waals surface area (Å²) in [4.78, 5) is 15.1. The highest BCUT2D eigenvalue weighted by molar-refractivity contribution is 5.93. The molecule has 0 amide bonds. The van der Waals surface area contributed by atoms with Crippen molar-refractivity contribution in [2.24, 2.45) is 0 Å². The van der Waals surface area contributed by atoms with Crippen LogP contribution in [0.4, 0.5) is 0 Å². The van der Waals surface area contributed by atoms with Crippen molar-refractivity contribution in [3.63, 3.8) is 0 Å². The van der Waals surface area contributed by atoms with Crippen LogP contribution in [0.25, 0.3) is 11.1 Å². The molecule has 0 heterocycles. The summed E-state index contributed by atoms with van der Waals surface area (Å²) in [7, 11) is 0. The van der Waals surface area contributed by atoms with Crippen molar-refractivity contribution in [3.8, 4) is 11.1 Å². The Morgan fingerprint density at radius 3 is 2.04 bits per heavy atom. The fourth-order valence-electron chi connectivity index (χ4n) is 3.49. The van der Waals surface area contributed by atoms with Gasteiger partial charge in [0.1, 0.15) is 5.92 Å². The molecule has 0 N–H and O–H groups in total. The first-order valence-electron chi connectivity index (χ1n) is 8.83. The SMILES string of the molecule is CCN(CC)CCCOC(=O)C1c2ccccc2-c2ccccc21. The maximum absolute atomic E-state index is 12.7. The average Bonchev–Trinajstić information content (AvgIpc) is 2.96. The van der Waals surface area contributed by atoms with E-state index in [9.17, 15) is 4.79 Å². The van der Waals surface area contributed by atoms with Gasteiger partial charge in [0.15, 0.2) is 0 Å². The maximum atomic E-state index is 12.7. The highest BCUT2D eigenvalue weighted by atomic mass is 16.5. The second kappa shape index (κ2) is 7.63. The van der Waals surface area contributed by atoms with Gasteiger partial charge in [-0.1, -0.05) is 62.4 Å². The third kappa shape index (κ3) is 3.22. The van der Waals surface area contributed by atoms with Gasteiger partial charge >= 0.3 is 5.97 Å². The zero-order valence-electron chi connectivity index (χ0n) is 14.5. The minimum atomic E-state index is -0.286. The summed E-state index contributed by atoms with van der Waals surface area (Å²) >= 11 is 0. The van der Waals surface area contributed by atoms with Gasteiger partial charge in [0.05, 0.1) is 6.61 Å². The number of hydrogen-bond donors (Lipinski definition) is 0. The van der Waals surface area contributed by atoms with E-state index in [1.807, 2.05) is 36.4 Å². The molecule has 1 aliphatic carbocycles. The van der Waals surface area contributed by atoms with Crippen molar-refractivity contribution in [3.05, 3.63) is 59.7 Å². The zero-order chi connectivity index (χ0) is 16.9. The molecule has 0 bridgehead atoms. The molecule has 0 aliphatic heterocycles. The molecular formula is C21H25NO2. The topological polar surface area (TPSA) is 29.5 Å². The maximum Gasteiger partial charge on any atom is 0.317 e. The summed E-state index contributed by atoms with van der Waals surface area (Å²) in [6.45, 7) is 7.83. The van der Waals surface area contributed by atoms with Gasteiger partial charge in [-0.15, -0.1) is 0 Å². The van der Waals surface area contributed by atoms with Gasteiger partial charge in [-0.25, -0.2) is 0 Å². The molecule has 0 atom stereocenters. The van der Waals surface area contributed by atoms with Crippen molar-refractivity contribution < 1.29 is 9.53 Å². The standard InChI is InChI=1S/C21H25NO2/c1-3-22(4-2)14-9-15-24-21(23)20-18-12-7-5-10-16(18)17-11-6-8-13-19(17)20/h5-8,10-13,20H,3-4,9,14-15H2,1-2H3. The first-order valence-corrected chi connectivity index (χ1v) is 8.83. The first-order chi connectivity index (χ1) is 11.8. The van der Waals surface area contributed by atoms with E-state index in [-0.39, 0.29) is 11.9 Å². The van der Waals surface area contributed by atoms with E-state index in [2.05, 4.69) is 30.9 Å². The number of nitrogens with zero attached hydrogens (tertiary/aromatic N) is 1. The number of hydrogen-bond acceptors (Lipinski definition) is 3. The molecule has 24 heavy (non-hydrogen) atoms. The van der Waals surface area contributed by atoms with E-state index in [1.165, 1.54) is 0 Å². The molecule has 3 nitrogen and oxygen atoms in total. The van der Waals surface area contributed by atoms with Crippen molar-refractivity contribution in [2.75, 3.05) is 26.2 Å². The van der Waals surface area contributed by atoms with Crippen LogP contribution in [0, 0.1) is 0 Å². The highest BCUT2D eigenvalue weighted by Crippen LogP contribution is 2.44. The van der Waals surface area contributed by atoms with Crippen LogP contribution < -0.4 is 0 Å². The number of ether oxygens (including phenoxy) is 1. The Balaban J connectivity index is 1.69. The van der Waals surface area contributed by atoms with E-state index in [0.717, 1.165) is 48.3 Å². The number of fused-ring (bicyclic) bond motifs is 3. The third-order valence-corrected chi connectivity index (χ3v) is 4.83. The Hall–Kier alpha value is -2.13. The van der Waals surface area contributed by atoms with Crippen molar-refractivity contribution >= 4 is 5.97 Å². The van der Waals surface area contributed by atoms with E-state index >= 15 is 0 Å². The van der Waals surface area contributed by atoms with Crippen LogP contribution in [0.5, 0.6) is 0 Å². The largest absolute Gasteiger partial charge is 0.465 e. The van der Waals surface area contributed by atoms with Gasteiger partial charge < -0.3 is 9.64 Å². The molecule has 1 aliphatic rings. The molecule has 0 radical (unpaired) electrons. The van der Waals surface area contributed by atoms with E-state index in [4.69, 9.17) is 4.74 Å². The van der Waals surface area contributed by atoms with Crippen LogP contribution >= 0.6 is 0 Å². The predicted octanol–water partition coefficient (Wildman–Crippen LogP) is 4.07. The second-order valence-electron chi connectivity index (χ2n) is 6.16. The lowest BCUT2D eigenvalue weighted by atomic mass is 9.97.